The maximum absolute atomic E-state index is 12.4. The predicted octanol–water partition coefficient (Wildman–Crippen LogP) is 2.03. The van der Waals surface area contributed by atoms with Gasteiger partial charge in [0.25, 0.3) is 5.89 Å². The lowest BCUT2D eigenvalue weighted by molar-refractivity contribution is -0.138. The second-order valence-corrected chi connectivity index (χ2v) is 7.54. The number of nitrogens with one attached hydrogen (secondary N) is 1. The maximum Gasteiger partial charge on any atom is 0.321 e. The van der Waals surface area contributed by atoms with Crippen LogP contribution in [0.4, 0.5) is 0 Å². The molecule has 0 bridgehead atoms. The summed E-state index contributed by atoms with van der Waals surface area (Å²) in [4.78, 5) is 15.0. The quantitative estimate of drug-likeness (QED) is 0.641. The van der Waals surface area contributed by atoms with Gasteiger partial charge in [-0.1, -0.05) is 17.3 Å². The van der Waals surface area contributed by atoms with Crippen LogP contribution in [0.1, 0.15) is 12.5 Å². The minimum Gasteiger partial charge on any atom is -0.480 e. The summed E-state index contributed by atoms with van der Waals surface area (Å²) < 4.78 is 32.0. The van der Waals surface area contributed by atoms with E-state index in [1.54, 1.807) is 30.3 Å². The van der Waals surface area contributed by atoms with E-state index in [0.29, 0.717) is 16.7 Å². The van der Waals surface area contributed by atoms with E-state index >= 15 is 0 Å². The van der Waals surface area contributed by atoms with Crippen LogP contribution in [-0.2, 0) is 14.8 Å². The Balaban J connectivity index is 1.89. The highest BCUT2D eigenvalue weighted by molar-refractivity contribution is 7.89. The number of sulfonamides is 1. The van der Waals surface area contributed by atoms with Crippen molar-refractivity contribution < 1.29 is 22.8 Å². The lowest BCUT2D eigenvalue weighted by Crippen LogP contribution is -2.38. The fraction of sp³-hybridized carbons (Fsp3) is 0.111. The molecule has 142 valence electrons. The van der Waals surface area contributed by atoms with E-state index in [1.807, 2.05) is 6.07 Å². The molecule has 1 atom stereocenters. The Morgan fingerprint density at radius 2 is 1.93 bits per heavy atom. The van der Waals surface area contributed by atoms with E-state index in [9.17, 15) is 13.2 Å². The van der Waals surface area contributed by atoms with Crippen molar-refractivity contribution in [2.24, 2.45) is 0 Å². The van der Waals surface area contributed by atoms with Crippen molar-refractivity contribution in [3.8, 4) is 28.9 Å². The summed E-state index contributed by atoms with van der Waals surface area (Å²) in [7, 11) is -4.04. The van der Waals surface area contributed by atoms with Crippen molar-refractivity contribution >= 4 is 16.0 Å². The molecule has 1 heterocycles. The standard InChI is InChI=1S/C18H14N4O5S/c1-11(18(23)24)22-28(25,26)15-4-2-3-14(9-15)16-20-17(27-21-16)13-7-5-12(10-19)6-8-13/h2-9,11,22H,1H3,(H,23,24). The monoisotopic (exact) mass is 398 g/mol. The molecule has 2 aromatic carbocycles. The van der Waals surface area contributed by atoms with E-state index in [4.69, 9.17) is 14.9 Å². The molecule has 3 aromatic rings. The second-order valence-electron chi connectivity index (χ2n) is 5.82. The van der Waals surface area contributed by atoms with Crippen LogP contribution < -0.4 is 4.72 Å². The molecule has 0 radical (unpaired) electrons. The second kappa shape index (κ2) is 7.59. The van der Waals surface area contributed by atoms with Crippen LogP contribution in [-0.4, -0.2) is 35.7 Å². The van der Waals surface area contributed by atoms with Crippen LogP contribution in [0.15, 0.2) is 57.9 Å². The average molecular weight is 398 g/mol. The third-order valence-corrected chi connectivity index (χ3v) is 5.33. The largest absolute Gasteiger partial charge is 0.480 e. The molecule has 0 aliphatic rings. The van der Waals surface area contributed by atoms with E-state index in [0.717, 1.165) is 0 Å². The van der Waals surface area contributed by atoms with E-state index in [2.05, 4.69) is 14.9 Å². The Hall–Kier alpha value is -3.55. The third kappa shape index (κ3) is 4.06. The lowest BCUT2D eigenvalue weighted by Gasteiger charge is -2.10. The van der Waals surface area contributed by atoms with Gasteiger partial charge in [-0.05, 0) is 43.3 Å². The zero-order chi connectivity index (χ0) is 20.3. The number of hydrogen-bond acceptors (Lipinski definition) is 7. The molecule has 0 fully saturated rings. The molecule has 1 unspecified atom stereocenters. The number of carboxylic acid groups (broad SMARTS) is 1. The van der Waals surface area contributed by atoms with Crippen molar-refractivity contribution in [3.63, 3.8) is 0 Å². The first-order valence-electron chi connectivity index (χ1n) is 8.00. The van der Waals surface area contributed by atoms with Crippen molar-refractivity contribution in [1.29, 1.82) is 5.26 Å². The highest BCUT2D eigenvalue weighted by Crippen LogP contribution is 2.24. The van der Waals surface area contributed by atoms with Gasteiger partial charge in [0.1, 0.15) is 6.04 Å². The smallest absolute Gasteiger partial charge is 0.321 e. The van der Waals surface area contributed by atoms with Gasteiger partial charge in [-0.3, -0.25) is 4.79 Å². The Morgan fingerprint density at radius 3 is 2.57 bits per heavy atom. The Kier molecular flexibility index (Phi) is 5.21. The van der Waals surface area contributed by atoms with Crippen LogP contribution in [0.25, 0.3) is 22.8 Å². The molecule has 0 saturated heterocycles. The summed E-state index contributed by atoms with van der Waals surface area (Å²) in [6.45, 7) is 1.23. The minimum atomic E-state index is -4.04. The van der Waals surface area contributed by atoms with Gasteiger partial charge < -0.3 is 9.63 Å². The summed E-state index contributed by atoms with van der Waals surface area (Å²) in [5, 5.41) is 21.6. The molecule has 9 nitrogen and oxygen atoms in total. The molecule has 10 heteroatoms. The number of carbonyl (C=O) groups is 1. The number of nitrogens with zero attached hydrogens (tertiary/aromatic N) is 3. The van der Waals surface area contributed by atoms with Gasteiger partial charge in [-0.15, -0.1) is 0 Å². The minimum absolute atomic E-state index is 0.122. The molecule has 0 saturated carbocycles. The zero-order valence-electron chi connectivity index (χ0n) is 14.5. The summed E-state index contributed by atoms with van der Waals surface area (Å²) in [5.41, 5.74) is 1.48. The first kappa shape index (κ1) is 19.2. The van der Waals surface area contributed by atoms with Crippen molar-refractivity contribution in [2.75, 3.05) is 0 Å². The summed E-state index contributed by atoms with van der Waals surface area (Å²) in [6, 6.07) is 13.0. The lowest BCUT2D eigenvalue weighted by atomic mass is 10.1. The van der Waals surface area contributed by atoms with E-state index in [-0.39, 0.29) is 16.6 Å². The molecule has 0 aliphatic carbocycles. The van der Waals surface area contributed by atoms with Gasteiger partial charge in [-0.2, -0.15) is 15.0 Å². The van der Waals surface area contributed by atoms with Crippen LogP contribution in [0, 0.1) is 11.3 Å². The van der Waals surface area contributed by atoms with Crippen LogP contribution in [0.2, 0.25) is 0 Å². The van der Waals surface area contributed by atoms with Gasteiger partial charge in [0.2, 0.25) is 15.8 Å². The molecule has 1 aromatic heterocycles. The van der Waals surface area contributed by atoms with Crippen LogP contribution in [0.3, 0.4) is 0 Å². The van der Waals surface area contributed by atoms with Crippen LogP contribution in [0.5, 0.6) is 0 Å². The zero-order valence-corrected chi connectivity index (χ0v) is 15.3. The third-order valence-electron chi connectivity index (χ3n) is 3.79. The van der Waals surface area contributed by atoms with Crippen LogP contribution >= 0.6 is 0 Å². The maximum atomic E-state index is 12.4. The molecule has 28 heavy (non-hydrogen) atoms. The van der Waals surface area contributed by atoms with Gasteiger partial charge in [0, 0.05) is 11.1 Å². The van der Waals surface area contributed by atoms with Crippen molar-refractivity contribution in [1.82, 2.24) is 14.9 Å². The van der Waals surface area contributed by atoms with Gasteiger partial charge in [-0.25, -0.2) is 8.42 Å². The highest BCUT2D eigenvalue weighted by atomic mass is 32.2. The first-order valence-corrected chi connectivity index (χ1v) is 9.48. The SMILES string of the molecule is CC(NS(=O)(=O)c1cccc(-c2noc(-c3ccc(C#N)cc3)n2)c1)C(=O)O. The Labute approximate surface area is 160 Å². The van der Waals surface area contributed by atoms with E-state index < -0.39 is 22.0 Å². The Morgan fingerprint density at radius 1 is 1.21 bits per heavy atom. The normalized spacial score (nSPS) is 12.3. The van der Waals surface area contributed by atoms with Crippen molar-refractivity contribution in [3.05, 3.63) is 54.1 Å². The number of hydrogen-bond donors (Lipinski definition) is 2. The number of aliphatic carboxylic acids is 1. The van der Waals surface area contributed by atoms with E-state index in [1.165, 1.54) is 25.1 Å². The molecule has 0 aliphatic heterocycles. The molecule has 0 spiro atoms. The summed E-state index contributed by atoms with van der Waals surface area (Å²) in [6.07, 6.45) is 0. The van der Waals surface area contributed by atoms with Gasteiger partial charge in [0.05, 0.1) is 16.5 Å². The predicted molar refractivity (Wildman–Crippen MR) is 97.3 cm³/mol. The molecule has 3 rings (SSSR count). The number of benzene rings is 2. The summed E-state index contributed by atoms with van der Waals surface area (Å²) >= 11 is 0. The summed E-state index contributed by atoms with van der Waals surface area (Å²) in [5.74, 6) is -0.905. The highest BCUT2D eigenvalue weighted by Gasteiger charge is 2.22. The number of rotatable bonds is 6. The van der Waals surface area contributed by atoms with Gasteiger partial charge >= 0.3 is 5.97 Å². The molecule has 0 amide bonds. The molecule has 2 N–H and O–H groups in total. The first-order chi connectivity index (χ1) is 13.3. The topological polar surface area (TPSA) is 146 Å². The molecular weight excluding hydrogens is 384 g/mol. The fourth-order valence-electron chi connectivity index (χ4n) is 2.30. The molecular formula is C18H14N4O5S. The fourth-order valence-corrected chi connectivity index (χ4v) is 3.54. The van der Waals surface area contributed by atoms with Crippen molar-refractivity contribution in [2.45, 2.75) is 17.9 Å². The Bertz CT molecular complexity index is 1160. The average Bonchev–Trinajstić information content (AvgIpc) is 3.18. The van der Waals surface area contributed by atoms with Gasteiger partial charge in [0.15, 0.2) is 0 Å². The number of nitriles is 1. The number of carboxylic acids is 1. The number of aromatic nitrogens is 2.